The molecule has 0 fully saturated rings. The minimum absolute atomic E-state index is 0.236. The maximum absolute atomic E-state index is 15.2. The summed E-state index contributed by atoms with van der Waals surface area (Å²) in [6.45, 7) is 5.24. The summed E-state index contributed by atoms with van der Waals surface area (Å²) >= 11 is 4.50. The highest BCUT2D eigenvalue weighted by Gasteiger charge is 2.80. The van der Waals surface area contributed by atoms with Gasteiger partial charge in [-0.15, -0.1) is 45.3 Å². The molecule has 0 atom stereocenters. The Morgan fingerprint density at radius 2 is 1.00 bits per heavy atom. The standard InChI is InChI=1S/C24H16F6S4/c1-11-10-18(16-7-5-13(3)32-16)34-21(11)20-19(22(25,26)24(29,30)23(20,27)28)17-9-8-15(33-17)14-6-4-12(2)31-14/h4-10H,1-3H3. The molecule has 1 aliphatic carbocycles. The summed E-state index contributed by atoms with van der Waals surface area (Å²) in [5.41, 5.74) is -2.30. The van der Waals surface area contributed by atoms with Crippen LogP contribution >= 0.6 is 45.3 Å². The van der Waals surface area contributed by atoms with Crippen LogP contribution in [0.1, 0.15) is 25.1 Å². The lowest BCUT2D eigenvalue weighted by atomic mass is 10.0. The molecule has 10 heteroatoms. The molecule has 0 amide bonds. The first-order valence-corrected chi connectivity index (χ1v) is 13.3. The van der Waals surface area contributed by atoms with E-state index in [-0.39, 0.29) is 15.3 Å². The second-order valence-electron chi connectivity index (χ2n) is 8.08. The quantitative estimate of drug-likeness (QED) is 0.224. The highest BCUT2D eigenvalue weighted by atomic mass is 32.1. The van der Waals surface area contributed by atoms with Crippen molar-refractivity contribution in [2.75, 3.05) is 0 Å². The number of rotatable bonds is 4. The fourth-order valence-electron chi connectivity index (χ4n) is 3.95. The fraction of sp³-hybridized carbons (Fsp3) is 0.250. The lowest BCUT2D eigenvalue weighted by Gasteiger charge is -2.25. The molecule has 178 valence electrons. The summed E-state index contributed by atoms with van der Waals surface area (Å²) in [6.07, 6.45) is 0. The molecule has 0 saturated heterocycles. The minimum Gasteiger partial charge on any atom is -0.194 e. The summed E-state index contributed by atoms with van der Waals surface area (Å²) < 4.78 is 89.8. The molecule has 34 heavy (non-hydrogen) atoms. The number of allylic oxidation sites excluding steroid dienone is 2. The Kier molecular flexibility index (Phi) is 5.48. The van der Waals surface area contributed by atoms with Gasteiger partial charge in [-0.05, 0) is 68.8 Å². The Morgan fingerprint density at radius 1 is 0.529 bits per heavy atom. The molecule has 0 spiro atoms. The Hall–Kier alpha value is -1.88. The van der Waals surface area contributed by atoms with Gasteiger partial charge in [0.1, 0.15) is 0 Å². The van der Waals surface area contributed by atoms with Crippen LogP contribution in [0.3, 0.4) is 0 Å². The smallest absolute Gasteiger partial charge is 0.194 e. The predicted molar refractivity (Wildman–Crippen MR) is 131 cm³/mol. The molecule has 4 aromatic rings. The van der Waals surface area contributed by atoms with Crippen LogP contribution in [0.2, 0.25) is 0 Å². The highest BCUT2D eigenvalue weighted by molar-refractivity contribution is 7.23. The van der Waals surface area contributed by atoms with Crippen LogP contribution in [0.25, 0.3) is 30.7 Å². The van der Waals surface area contributed by atoms with Crippen LogP contribution in [0.15, 0.2) is 42.5 Å². The lowest BCUT2D eigenvalue weighted by molar-refractivity contribution is -0.254. The van der Waals surface area contributed by atoms with E-state index in [1.807, 2.05) is 26.0 Å². The number of hydrogen-bond acceptors (Lipinski definition) is 4. The lowest BCUT2D eigenvalue weighted by Crippen LogP contribution is -2.48. The molecular formula is C24H16F6S4. The number of aryl methyl sites for hydroxylation is 3. The summed E-state index contributed by atoms with van der Waals surface area (Å²) in [5.74, 6) is -15.6. The van der Waals surface area contributed by atoms with Crippen molar-refractivity contribution in [2.45, 2.75) is 38.5 Å². The maximum atomic E-state index is 15.2. The van der Waals surface area contributed by atoms with Gasteiger partial charge in [0, 0.05) is 39.0 Å². The largest absolute Gasteiger partial charge is 0.380 e. The monoisotopic (exact) mass is 546 g/mol. The van der Waals surface area contributed by atoms with Crippen LogP contribution < -0.4 is 0 Å². The minimum atomic E-state index is -5.55. The van der Waals surface area contributed by atoms with Crippen molar-refractivity contribution < 1.29 is 26.3 Å². The average molecular weight is 547 g/mol. The molecular weight excluding hydrogens is 531 g/mol. The average Bonchev–Trinajstić information content (AvgIpc) is 3.53. The van der Waals surface area contributed by atoms with E-state index < -0.39 is 28.9 Å². The topological polar surface area (TPSA) is 0 Å². The van der Waals surface area contributed by atoms with Gasteiger partial charge in [0.15, 0.2) is 0 Å². The number of thiophene rings is 4. The van der Waals surface area contributed by atoms with Crippen molar-refractivity contribution in [1.29, 1.82) is 0 Å². The van der Waals surface area contributed by atoms with Crippen LogP contribution in [0.4, 0.5) is 26.3 Å². The van der Waals surface area contributed by atoms with Gasteiger partial charge < -0.3 is 0 Å². The molecule has 0 unspecified atom stereocenters. The molecule has 0 saturated carbocycles. The maximum Gasteiger partial charge on any atom is 0.380 e. The Balaban J connectivity index is 1.74. The highest BCUT2D eigenvalue weighted by Crippen LogP contribution is 2.66. The van der Waals surface area contributed by atoms with Gasteiger partial charge in [-0.2, -0.15) is 26.3 Å². The van der Waals surface area contributed by atoms with E-state index in [0.717, 1.165) is 42.2 Å². The predicted octanol–water partition coefficient (Wildman–Crippen LogP) is 10.0. The Bertz CT molecular complexity index is 1430. The van der Waals surface area contributed by atoms with Crippen molar-refractivity contribution in [3.8, 4) is 19.5 Å². The molecule has 1 aliphatic rings. The zero-order chi connectivity index (χ0) is 24.6. The third-order valence-electron chi connectivity index (χ3n) is 5.63. The van der Waals surface area contributed by atoms with Gasteiger partial charge in [-0.25, -0.2) is 0 Å². The number of hydrogen-bond donors (Lipinski definition) is 0. The van der Waals surface area contributed by atoms with E-state index in [4.69, 9.17) is 0 Å². The van der Waals surface area contributed by atoms with E-state index in [9.17, 15) is 8.78 Å². The van der Waals surface area contributed by atoms with Gasteiger partial charge in [0.05, 0.1) is 11.1 Å². The van der Waals surface area contributed by atoms with Gasteiger partial charge in [0.2, 0.25) is 0 Å². The number of alkyl halides is 6. The zero-order valence-corrected chi connectivity index (χ0v) is 21.2. The zero-order valence-electron chi connectivity index (χ0n) is 17.9. The number of halogens is 6. The Morgan fingerprint density at radius 3 is 1.56 bits per heavy atom. The van der Waals surface area contributed by atoms with Gasteiger partial charge in [-0.1, -0.05) is 0 Å². The molecule has 0 bridgehead atoms. The SMILES string of the molecule is Cc1ccc(-c2ccc(C3=C(c4sc(-c5ccc(C)s5)cc4C)C(F)(F)C(F)(F)C3(F)F)s2)s1. The van der Waals surface area contributed by atoms with E-state index in [2.05, 4.69) is 0 Å². The first-order valence-electron chi connectivity index (χ1n) is 10.1. The van der Waals surface area contributed by atoms with E-state index in [0.29, 0.717) is 9.75 Å². The summed E-state index contributed by atoms with van der Waals surface area (Å²) in [7, 11) is 0. The molecule has 0 aliphatic heterocycles. The van der Waals surface area contributed by atoms with Crippen LogP contribution in [-0.4, -0.2) is 17.8 Å². The van der Waals surface area contributed by atoms with Gasteiger partial charge in [0.25, 0.3) is 0 Å². The molecule has 0 radical (unpaired) electrons. The first kappa shape index (κ1) is 23.8. The summed E-state index contributed by atoms with van der Waals surface area (Å²) in [6, 6.07) is 11.6. The van der Waals surface area contributed by atoms with Crippen molar-refractivity contribution in [1.82, 2.24) is 0 Å². The van der Waals surface area contributed by atoms with Gasteiger partial charge in [-0.3, -0.25) is 0 Å². The van der Waals surface area contributed by atoms with Crippen LogP contribution in [-0.2, 0) is 0 Å². The van der Waals surface area contributed by atoms with Crippen molar-refractivity contribution in [2.24, 2.45) is 0 Å². The van der Waals surface area contributed by atoms with E-state index in [1.165, 1.54) is 41.7 Å². The first-order chi connectivity index (χ1) is 15.8. The Labute approximate surface area is 207 Å². The van der Waals surface area contributed by atoms with Crippen LogP contribution in [0.5, 0.6) is 0 Å². The molecule has 4 heterocycles. The molecule has 0 aromatic carbocycles. The molecule has 4 aromatic heterocycles. The summed E-state index contributed by atoms with van der Waals surface area (Å²) in [5, 5.41) is 0. The van der Waals surface area contributed by atoms with Crippen molar-refractivity contribution in [3.63, 3.8) is 0 Å². The fourth-order valence-corrected chi connectivity index (χ4v) is 8.20. The third-order valence-corrected chi connectivity index (χ3v) is 10.4. The van der Waals surface area contributed by atoms with Crippen molar-refractivity contribution in [3.05, 3.63) is 67.5 Å². The molecule has 0 nitrogen and oxygen atoms in total. The normalized spacial score (nSPS) is 18.7. The van der Waals surface area contributed by atoms with Gasteiger partial charge >= 0.3 is 17.8 Å². The second kappa shape index (κ2) is 7.81. The van der Waals surface area contributed by atoms with Crippen LogP contribution in [0, 0.1) is 20.8 Å². The second-order valence-corrected chi connectivity index (χ2v) is 12.8. The van der Waals surface area contributed by atoms with E-state index in [1.54, 1.807) is 18.2 Å². The summed E-state index contributed by atoms with van der Waals surface area (Å²) in [4.78, 5) is 4.13. The molecule has 5 rings (SSSR count). The van der Waals surface area contributed by atoms with Crippen molar-refractivity contribution >= 4 is 56.5 Å². The van der Waals surface area contributed by atoms with E-state index >= 15 is 17.6 Å². The third kappa shape index (κ3) is 3.37. The molecule has 0 N–H and O–H groups in total.